The summed E-state index contributed by atoms with van der Waals surface area (Å²) in [5.74, 6) is 0. The predicted molar refractivity (Wildman–Crippen MR) is 114 cm³/mol. The van der Waals surface area contributed by atoms with Gasteiger partial charge in [0.05, 0.1) is 18.0 Å². The van der Waals surface area contributed by atoms with Crippen molar-refractivity contribution < 1.29 is 0 Å². The van der Waals surface area contributed by atoms with E-state index in [1.54, 1.807) is 11.0 Å². The molecule has 0 amide bonds. The Morgan fingerprint density at radius 2 is 1.75 bits per heavy atom. The Bertz CT molecular complexity index is 1070. The number of anilines is 1. The maximum atomic E-state index is 6.00. The van der Waals surface area contributed by atoms with Crippen LogP contribution < -0.4 is 5.43 Å². The molecule has 2 aromatic heterocycles. The van der Waals surface area contributed by atoms with E-state index in [1.165, 1.54) is 17.7 Å². The van der Waals surface area contributed by atoms with E-state index in [1.807, 2.05) is 53.9 Å². The van der Waals surface area contributed by atoms with Gasteiger partial charge in [-0.05, 0) is 29.8 Å². The zero-order chi connectivity index (χ0) is 19.3. The number of hydrogen-bond donors (Lipinski definition) is 1. The third-order valence-corrected chi connectivity index (χ3v) is 5.14. The van der Waals surface area contributed by atoms with Crippen LogP contribution in [0.25, 0.3) is 11.3 Å². The third kappa shape index (κ3) is 4.56. The van der Waals surface area contributed by atoms with Gasteiger partial charge in [0.25, 0.3) is 0 Å². The molecule has 0 aliphatic rings. The minimum atomic E-state index is 0.462. The Kier molecular flexibility index (Phi) is 5.66. The second-order valence-electron chi connectivity index (χ2n) is 5.82. The molecule has 4 aromatic rings. The Labute approximate surface area is 175 Å². The van der Waals surface area contributed by atoms with Crippen LogP contribution in [0.1, 0.15) is 5.56 Å². The minimum Gasteiger partial charge on any atom is -0.252 e. The Morgan fingerprint density at radius 3 is 2.43 bits per heavy atom. The molecule has 9 heteroatoms. The van der Waals surface area contributed by atoms with Crippen molar-refractivity contribution in [3.8, 4) is 11.3 Å². The summed E-state index contributed by atoms with van der Waals surface area (Å²) in [5, 5.41) is 12.7. The van der Waals surface area contributed by atoms with Crippen LogP contribution in [-0.4, -0.2) is 25.5 Å². The molecule has 0 aliphatic carbocycles. The van der Waals surface area contributed by atoms with E-state index in [-0.39, 0.29) is 0 Å². The molecule has 0 fully saturated rings. The number of hydrazone groups is 1. The first-order valence-electron chi connectivity index (χ1n) is 8.30. The third-order valence-electron chi connectivity index (χ3n) is 3.89. The van der Waals surface area contributed by atoms with Gasteiger partial charge < -0.3 is 0 Å². The minimum absolute atomic E-state index is 0.462. The summed E-state index contributed by atoms with van der Waals surface area (Å²) in [4.78, 5) is 8.57. The molecular weight excluding hydrogens is 415 g/mol. The first-order valence-corrected chi connectivity index (χ1v) is 9.93. The van der Waals surface area contributed by atoms with Gasteiger partial charge in [-0.2, -0.15) is 10.2 Å². The van der Waals surface area contributed by atoms with Crippen molar-refractivity contribution in [1.29, 1.82) is 0 Å². The lowest BCUT2D eigenvalue weighted by atomic mass is 10.1. The van der Waals surface area contributed by atoms with Crippen molar-refractivity contribution >= 4 is 45.4 Å². The molecule has 1 N–H and O–H groups in total. The standard InChI is InChI=1S/C19H14Cl2N6S/c20-15-5-1-13(2-6-15)17(9-27-12-22-11-23-27)25-26-19-24-18(10-28-19)14-3-7-16(21)8-4-14/h1-8,10-12H,9H2,(H,24,26)/b25-17+. The Balaban J connectivity index is 1.56. The highest BCUT2D eigenvalue weighted by Crippen LogP contribution is 2.26. The molecule has 4 rings (SSSR count). The van der Waals surface area contributed by atoms with Crippen molar-refractivity contribution in [1.82, 2.24) is 19.7 Å². The van der Waals surface area contributed by atoms with E-state index in [4.69, 9.17) is 23.2 Å². The summed E-state index contributed by atoms with van der Waals surface area (Å²) in [6, 6.07) is 15.1. The van der Waals surface area contributed by atoms with Crippen LogP contribution in [0.15, 0.2) is 71.7 Å². The number of hydrogen-bond acceptors (Lipinski definition) is 6. The van der Waals surface area contributed by atoms with E-state index in [0.29, 0.717) is 21.7 Å². The van der Waals surface area contributed by atoms with Gasteiger partial charge in [0.2, 0.25) is 5.13 Å². The van der Waals surface area contributed by atoms with Gasteiger partial charge in [-0.1, -0.05) is 47.5 Å². The van der Waals surface area contributed by atoms with E-state index in [0.717, 1.165) is 22.5 Å². The lowest BCUT2D eigenvalue weighted by molar-refractivity contribution is 0.721. The highest BCUT2D eigenvalue weighted by Gasteiger charge is 2.08. The smallest absolute Gasteiger partial charge is 0.203 e. The molecule has 0 saturated carbocycles. The molecule has 28 heavy (non-hydrogen) atoms. The van der Waals surface area contributed by atoms with Gasteiger partial charge in [-0.25, -0.2) is 14.6 Å². The molecule has 2 heterocycles. The molecule has 0 spiro atoms. The van der Waals surface area contributed by atoms with Crippen LogP contribution >= 0.6 is 34.5 Å². The first kappa shape index (κ1) is 18.6. The zero-order valence-corrected chi connectivity index (χ0v) is 16.8. The molecule has 0 saturated heterocycles. The van der Waals surface area contributed by atoms with Crippen LogP contribution in [0, 0.1) is 0 Å². The number of aromatic nitrogens is 4. The van der Waals surface area contributed by atoms with Crippen LogP contribution in [0.2, 0.25) is 10.0 Å². The van der Waals surface area contributed by atoms with Gasteiger partial charge in [0.15, 0.2) is 0 Å². The van der Waals surface area contributed by atoms with Crippen molar-refractivity contribution in [2.75, 3.05) is 5.43 Å². The van der Waals surface area contributed by atoms with Crippen LogP contribution in [0.4, 0.5) is 5.13 Å². The number of nitrogens with zero attached hydrogens (tertiary/aromatic N) is 5. The van der Waals surface area contributed by atoms with E-state index in [2.05, 4.69) is 25.6 Å². The summed E-state index contributed by atoms with van der Waals surface area (Å²) in [5.41, 5.74) is 6.62. The Morgan fingerprint density at radius 1 is 1.04 bits per heavy atom. The second-order valence-corrected chi connectivity index (χ2v) is 7.55. The topological polar surface area (TPSA) is 68.0 Å². The van der Waals surface area contributed by atoms with Gasteiger partial charge >= 0.3 is 0 Å². The number of rotatable bonds is 6. The fourth-order valence-corrected chi connectivity index (χ4v) is 3.41. The quantitative estimate of drug-likeness (QED) is 0.337. The molecule has 0 atom stereocenters. The number of halogens is 2. The summed E-state index contributed by atoms with van der Waals surface area (Å²) in [6.07, 6.45) is 3.14. The van der Waals surface area contributed by atoms with Crippen molar-refractivity contribution in [3.63, 3.8) is 0 Å². The lowest BCUT2D eigenvalue weighted by Crippen LogP contribution is -2.14. The average Bonchev–Trinajstić information content (AvgIpc) is 3.38. The summed E-state index contributed by atoms with van der Waals surface area (Å²) < 4.78 is 1.70. The highest BCUT2D eigenvalue weighted by molar-refractivity contribution is 7.14. The maximum Gasteiger partial charge on any atom is 0.203 e. The first-order chi connectivity index (χ1) is 13.7. The number of nitrogens with one attached hydrogen (secondary N) is 1. The molecule has 0 unspecified atom stereocenters. The monoisotopic (exact) mass is 428 g/mol. The number of thiazole rings is 1. The molecule has 6 nitrogen and oxygen atoms in total. The SMILES string of the molecule is Clc1ccc(/C(Cn2cncn2)=N/Nc2nc(-c3ccc(Cl)cc3)cs2)cc1. The van der Waals surface area contributed by atoms with Crippen LogP contribution in [0.3, 0.4) is 0 Å². The molecule has 0 radical (unpaired) electrons. The van der Waals surface area contributed by atoms with Gasteiger partial charge in [-0.3, -0.25) is 5.43 Å². The Hall–Kier alpha value is -2.74. The summed E-state index contributed by atoms with van der Waals surface area (Å²) >= 11 is 13.4. The van der Waals surface area contributed by atoms with E-state index >= 15 is 0 Å². The zero-order valence-electron chi connectivity index (χ0n) is 14.5. The molecule has 2 aromatic carbocycles. The second kappa shape index (κ2) is 8.52. The largest absolute Gasteiger partial charge is 0.252 e. The van der Waals surface area contributed by atoms with Gasteiger partial charge in [-0.15, -0.1) is 11.3 Å². The fourth-order valence-electron chi connectivity index (χ4n) is 2.49. The number of benzene rings is 2. The average molecular weight is 429 g/mol. The molecule has 0 aliphatic heterocycles. The molecule has 140 valence electrons. The van der Waals surface area contributed by atoms with Gasteiger partial charge in [0, 0.05) is 21.0 Å². The van der Waals surface area contributed by atoms with Crippen molar-refractivity contribution in [3.05, 3.63) is 82.2 Å². The summed E-state index contributed by atoms with van der Waals surface area (Å²) in [7, 11) is 0. The predicted octanol–water partition coefficient (Wildman–Crippen LogP) is 5.22. The molecular formula is C19H14Cl2N6S. The maximum absolute atomic E-state index is 6.00. The normalized spacial score (nSPS) is 11.6. The van der Waals surface area contributed by atoms with Crippen LogP contribution in [0.5, 0.6) is 0 Å². The van der Waals surface area contributed by atoms with E-state index < -0.39 is 0 Å². The highest BCUT2D eigenvalue weighted by atomic mass is 35.5. The van der Waals surface area contributed by atoms with Crippen molar-refractivity contribution in [2.24, 2.45) is 5.10 Å². The summed E-state index contributed by atoms with van der Waals surface area (Å²) in [6.45, 7) is 0.462. The van der Waals surface area contributed by atoms with E-state index in [9.17, 15) is 0 Å². The molecule has 0 bridgehead atoms. The van der Waals surface area contributed by atoms with Crippen LogP contribution in [-0.2, 0) is 6.54 Å². The van der Waals surface area contributed by atoms with Gasteiger partial charge in [0.1, 0.15) is 12.7 Å². The fraction of sp³-hybridized carbons (Fsp3) is 0.0526. The lowest BCUT2D eigenvalue weighted by Gasteiger charge is -2.07. The van der Waals surface area contributed by atoms with Crippen molar-refractivity contribution in [2.45, 2.75) is 6.54 Å².